The number of carbonyl (C=O) groups excluding carboxylic acids is 3. The molecule has 0 bridgehead atoms. The normalized spacial score (nSPS) is 27.3. The Morgan fingerprint density at radius 1 is 1.18 bits per heavy atom. The van der Waals surface area contributed by atoms with E-state index in [2.05, 4.69) is 0 Å². The van der Waals surface area contributed by atoms with Crippen molar-refractivity contribution in [3.05, 3.63) is 45.2 Å². The number of aromatic hydroxyl groups is 1. The molecule has 1 amide bonds. The third-order valence-electron chi connectivity index (χ3n) is 7.18. The first-order valence-electron chi connectivity index (χ1n) is 10.8. The molecule has 9 heteroatoms. The lowest BCUT2D eigenvalue weighted by Crippen LogP contribution is -2.58. The van der Waals surface area contributed by atoms with Crippen molar-refractivity contribution >= 4 is 23.2 Å². The van der Waals surface area contributed by atoms with Gasteiger partial charge in [0.25, 0.3) is 5.91 Å². The highest BCUT2D eigenvalue weighted by molar-refractivity contribution is 6.22. The lowest BCUT2D eigenvalue weighted by atomic mass is 9.59. The molecule has 0 aromatic heterocycles. The summed E-state index contributed by atoms with van der Waals surface area (Å²) in [4.78, 5) is 37.6. The molecular weight excluding hydrogens is 428 g/mol. The molecule has 0 radical (unpaired) electrons. The summed E-state index contributed by atoms with van der Waals surface area (Å²) in [5.74, 6) is -6.33. The van der Waals surface area contributed by atoms with Gasteiger partial charge in [0.15, 0.2) is 11.4 Å². The monoisotopic (exact) mass is 456 g/mol. The SMILES string of the molecule is CC(C)(C)c1cc(CN)c2c(c1O)C(O)=C1C(=O)[C@]3(O)C(O)=C(C(N)=O)C(=O)C[C@@H]3C[C@@H]1C2. The molecule has 1 fully saturated rings. The molecule has 3 aliphatic carbocycles. The van der Waals surface area contributed by atoms with Crippen LogP contribution in [0.15, 0.2) is 23.0 Å². The van der Waals surface area contributed by atoms with E-state index in [1.54, 1.807) is 6.07 Å². The smallest absolute Gasteiger partial charge is 0.255 e. The van der Waals surface area contributed by atoms with Crippen molar-refractivity contribution < 1.29 is 34.8 Å². The number of hydrogen-bond acceptors (Lipinski definition) is 8. The van der Waals surface area contributed by atoms with E-state index in [0.29, 0.717) is 16.7 Å². The summed E-state index contributed by atoms with van der Waals surface area (Å²) in [6, 6.07) is 1.80. The Labute approximate surface area is 190 Å². The van der Waals surface area contributed by atoms with Gasteiger partial charge in [0.2, 0.25) is 5.78 Å². The van der Waals surface area contributed by atoms with Crippen LogP contribution in [0.1, 0.15) is 55.9 Å². The van der Waals surface area contributed by atoms with Crippen LogP contribution in [0.5, 0.6) is 5.75 Å². The van der Waals surface area contributed by atoms with Gasteiger partial charge in [0, 0.05) is 30.0 Å². The first-order chi connectivity index (χ1) is 15.2. The second kappa shape index (κ2) is 7.16. The van der Waals surface area contributed by atoms with E-state index in [1.807, 2.05) is 20.8 Å². The number of aliphatic hydroxyl groups is 3. The average Bonchev–Trinajstić information content (AvgIpc) is 2.69. The van der Waals surface area contributed by atoms with Crippen LogP contribution in [-0.4, -0.2) is 43.5 Å². The molecule has 4 rings (SSSR count). The standard InChI is InChI=1S/C24H28N2O7/c1-23(2,3)13-6-10(8-25)12-5-9-4-11-7-14(27)17(22(26)32)21(31)24(11,33)20(30)15(9)19(29)16(12)18(13)28/h6,9,11,28-29,31,33H,4-5,7-8,25H2,1-3H3,(H2,26,32)/t9-,11+,24+/m1/s1. The third-order valence-corrected chi connectivity index (χ3v) is 7.18. The number of rotatable bonds is 2. The van der Waals surface area contributed by atoms with Gasteiger partial charge in [-0.1, -0.05) is 20.8 Å². The molecule has 0 aliphatic heterocycles. The molecule has 3 aliphatic rings. The second-order valence-corrected chi connectivity index (χ2v) is 10.1. The molecular formula is C24H28N2O7. The first-order valence-corrected chi connectivity index (χ1v) is 10.8. The molecule has 8 N–H and O–H groups in total. The molecule has 1 saturated carbocycles. The molecule has 0 spiro atoms. The van der Waals surface area contributed by atoms with Crippen molar-refractivity contribution in [3.8, 4) is 5.75 Å². The number of aliphatic hydroxyl groups excluding tert-OH is 2. The molecule has 1 aromatic carbocycles. The van der Waals surface area contributed by atoms with E-state index in [0.717, 1.165) is 0 Å². The van der Waals surface area contributed by atoms with E-state index >= 15 is 0 Å². The number of primary amides is 1. The number of phenols is 1. The molecule has 0 unspecified atom stereocenters. The number of amides is 1. The molecule has 176 valence electrons. The Balaban J connectivity index is 1.98. The highest BCUT2D eigenvalue weighted by atomic mass is 16.3. The lowest BCUT2D eigenvalue weighted by molar-refractivity contribution is -0.147. The molecule has 3 atom stereocenters. The molecule has 33 heavy (non-hydrogen) atoms. The summed E-state index contributed by atoms with van der Waals surface area (Å²) in [5.41, 5.74) is 9.08. The molecule has 9 nitrogen and oxygen atoms in total. The summed E-state index contributed by atoms with van der Waals surface area (Å²) < 4.78 is 0. The minimum absolute atomic E-state index is 0.0787. The van der Waals surface area contributed by atoms with Gasteiger partial charge in [0.05, 0.1) is 5.56 Å². The fraction of sp³-hybridized carbons (Fsp3) is 0.458. The van der Waals surface area contributed by atoms with Crippen LogP contribution in [-0.2, 0) is 32.8 Å². The zero-order valence-electron chi connectivity index (χ0n) is 18.7. The fourth-order valence-electron chi connectivity index (χ4n) is 5.52. The van der Waals surface area contributed by atoms with Crippen molar-refractivity contribution in [3.63, 3.8) is 0 Å². The number of Topliss-reactive ketones (excluding diaryl/α,β-unsaturated/α-hetero) is 2. The van der Waals surface area contributed by atoms with Crippen LogP contribution in [0.4, 0.5) is 0 Å². The van der Waals surface area contributed by atoms with E-state index in [9.17, 15) is 34.8 Å². The molecule has 0 heterocycles. The van der Waals surface area contributed by atoms with E-state index in [1.165, 1.54) is 0 Å². The largest absolute Gasteiger partial charge is 0.508 e. The van der Waals surface area contributed by atoms with Crippen LogP contribution < -0.4 is 11.5 Å². The Hall–Kier alpha value is -3.17. The summed E-state index contributed by atoms with van der Waals surface area (Å²) in [6.07, 6.45) is -0.00640. The van der Waals surface area contributed by atoms with E-state index < -0.39 is 57.4 Å². The van der Waals surface area contributed by atoms with E-state index in [4.69, 9.17) is 11.5 Å². The second-order valence-electron chi connectivity index (χ2n) is 10.1. The van der Waals surface area contributed by atoms with Crippen LogP contribution in [0.2, 0.25) is 0 Å². The van der Waals surface area contributed by atoms with Gasteiger partial charge in [0.1, 0.15) is 22.8 Å². The molecule has 0 saturated heterocycles. The number of phenolic OH excluding ortho intramolecular Hbond substituents is 1. The van der Waals surface area contributed by atoms with Gasteiger partial charge in [-0.05, 0) is 41.4 Å². The number of benzene rings is 1. The minimum Gasteiger partial charge on any atom is -0.508 e. The number of carbonyl (C=O) groups is 3. The number of hydrogen-bond donors (Lipinski definition) is 6. The summed E-state index contributed by atoms with van der Waals surface area (Å²) in [7, 11) is 0. The van der Waals surface area contributed by atoms with Gasteiger partial charge in [-0.25, -0.2) is 0 Å². The predicted molar refractivity (Wildman–Crippen MR) is 118 cm³/mol. The number of nitrogens with two attached hydrogens (primary N) is 2. The maximum Gasteiger partial charge on any atom is 0.255 e. The zero-order valence-corrected chi connectivity index (χ0v) is 18.7. The van der Waals surface area contributed by atoms with Gasteiger partial charge < -0.3 is 31.9 Å². The summed E-state index contributed by atoms with van der Waals surface area (Å²) >= 11 is 0. The van der Waals surface area contributed by atoms with Crippen molar-refractivity contribution in [1.29, 1.82) is 0 Å². The van der Waals surface area contributed by atoms with Crippen LogP contribution in [0.25, 0.3) is 5.76 Å². The third kappa shape index (κ3) is 3.02. The van der Waals surface area contributed by atoms with Crippen molar-refractivity contribution in [2.24, 2.45) is 23.3 Å². The van der Waals surface area contributed by atoms with Gasteiger partial charge in [-0.2, -0.15) is 0 Å². The van der Waals surface area contributed by atoms with Gasteiger partial charge >= 0.3 is 0 Å². The van der Waals surface area contributed by atoms with Crippen molar-refractivity contribution in [2.75, 3.05) is 0 Å². The topological polar surface area (TPSA) is 184 Å². The minimum atomic E-state index is -2.57. The quantitative estimate of drug-likeness (QED) is 0.358. The van der Waals surface area contributed by atoms with Gasteiger partial charge in [-0.15, -0.1) is 0 Å². The van der Waals surface area contributed by atoms with Crippen molar-refractivity contribution in [2.45, 2.75) is 57.6 Å². The first kappa shape index (κ1) is 23.0. The maximum atomic E-state index is 13.5. The Bertz CT molecular complexity index is 1190. The Morgan fingerprint density at radius 2 is 1.82 bits per heavy atom. The Morgan fingerprint density at radius 3 is 2.36 bits per heavy atom. The zero-order chi connectivity index (χ0) is 24.6. The van der Waals surface area contributed by atoms with Crippen molar-refractivity contribution in [1.82, 2.24) is 0 Å². The van der Waals surface area contributed by atoms with Gasteiger partial charge in [-0.3, -0.25) is 14.4 Å². The van der Waals surface area contributed by atoms with E-state index in [-0.39, 0.29) is 42.7 Å². The summed E-state index contributed by atoms with van der Waals surface area (Å²) in [6.45, 7) is 5.80. The van der Waals surface area contributed by atoms with Crippen LogP contribution in [0.3, 0.4) is 0 Å². The fourth-order valence-corrected chi connectivity index (χ4v) is 5.52. The van der Waals surface area contributed by atoms with Crippen LogP contribution >= 0.6 is 0 Å². The summed E-state index contributed by atoms with van der Waals surface area (Å²) in [5, 5.41) is 44.2. The lowest BCUT2D eigenvalue weighted by Gasteiger charge is -2.46. The highest BCUT2D eigenvalue weighted by Gasteiger charge is 2.60. The predicted octanol–water partition coefficient (Wildman–Crippen LogP) is 1.18. The average molecular weight is 456 g/mol. The highest BCUT2D eigenvalue weighted by Crippen LogP contribution is 2.53. The van der Waals surface area contributed by atoms with Crippen LogP contribution in [0, 0.1) is 11.8 Å². The number of fused-ring (bicyclic) bond motifs is 3. The number of ketones is 2. The molecule has 1 aromatic rings. The Kier molecular flexibility index (Phi) is 4.99. The maximum absolute atomic E-state index is 13.5.